The van der Waals surface area contributed by atoms with Crippen molar-refractivity contribution in [1.29, 1.82) is 0 Å². The van der Waals surface area contributed by atoms with Crippen molar-refractivity contribution in [1.82, 2.24) is 4.98 Å². The summed E-state index contributed by atoms with van der Waals surface area (Å²) >= 11 is 1.69. The van der Waals surface area contributed by atoms with Gasteiger partial charge in [0.2, 0.25) is 0 Å². The van der Waals surface area contributed by atoms with Crippen LogP contribution < -0.4 is 5.73 Å². The molecule has 1 aromatic carbocycles. The third-order valence-corrected chi connectivity index (χ3v) is 3.34. The molecule has 0 aliphatic carbocycles. The molecule has 2 nitrogen and oxygen atoms in total. The Bertz CT molecular complexity index is 416. The summed E-state index contributed by atoms with van der Waals surface area (Å²) < 4.78 is 0. The van der Waals surface area contributed by atoms with E-state index in [4.69, 9.17) is 5.73 Å². The molecule has 2 rings (SSSR count). The van der Waals surface area contributed by atoms with Crippen molar-refractivity contribution in [3.05, 3.63) is 60.3 Å². The van der Waals surface area contributed by atoms with Crippen molar-refractivity contribution in [2.45, 2.75) is 11.1 Å². The van der Waals surface area contributed by atoms with Crippen molar-refractivity contribution in [2.24, 2.45) is 5.73 Å². The zero-order valence-corrected chi connectivity index (χ0v) is 9.73. The van der Waals surface area contributed by atoms with Crippen LogP contribution in [0.1, 0.15) is 11.6 Å². The molecule has 0 aliphatic heterocycles. The minimum Gasteiger partial charge on any atom is -0.323 e. The van der Waals surface area contributed by atoms with Gasteiger partial charge in [0, 0.05) is 18.0 Å². The lowest BCUT2D eigenvalue weighted by atomic mass is 10.1. The molecule has 2 N–H and O–H groups in total. The van der Waals surface area contributed by atoms with Crippen LogP contribution in [0.3, 0.4) is 0 Å². The van der Waals surface area contributed by atoms with Gasteiger partial charge in [0.05, 0.1) is 5.03 Å². The number of pyridine rings is 1. The summed E-state index contributed by atoms with van der Waals surface area (Å²) in [6, 6.07) is 16.1. The fourth-order valence-corrected chi connectivity index (χ4v) is 2.26. The molecule has 0 aliphatic rings. The molecule has 1 unspecified atom stereocenters. The maximum atomic E-state index is 6.09. The van der Waals surface area contributed by atoms with Crippen LogP contribution in [-0.2, 0) is 0 Å². The minimum absolute atomic E-state index is 0.0632. The second kappa shape index (κ2) is 5.68. The van der Waals surface area contributed by atoms with Crippen molar-refractivity contribution in [2.75, 3.05) is 5.75 Å². The Hall–Kier alpha value is -1.32. The summed E-state index contributed by atoms with van der Waals surface area (Å²) in [6.45, 7) is 0. The number of aromatic nitrogens is 1. The fraction of sp³-hybridized carbons (Fsp3) is 0.154. The Morgan fingerprint density at radius 2 is 1.81 bits per heavy atom. The van der Waals surface area contributed by atoms with Gasteiger partial charge >= 0.3 is 0 Å². The average molecular weight is 230 g/mol. The summed E-state index contributed by atoms with van der Waals surface area (Å²) in [5.74, 6) is 0.848. The van der Waals surface area contributed by atoms with Gasteiger partial charge in [-0.1, -0.05) is 36.4 Å². The van der Waals surface area contributed by atoms with Crippen LogP contribution in [0.4, 0.5) is 0 Å². The van der Waals surface area contributed by atoms with Crippen LogP contribution in [0, 0.1) is 0 Å². The van der Waals surface area contributed by atoms with Crippen molar-refractivity contribution in [3.8, 4) is 0 Å². The lowest BCUT2D eigenvalue weighted by molar-refractivity contribution is 0.830. The highest BCUT2D eigenvalue weighted by Crippen LogP contribution is 2.21. The van der Waals surface area contributed by atoms with E-state index in [0.717, 1.165) is 10.8 Å². The standard InChI is InChI=1S/C13H14N2S/c14-12(11-6-2-1-3-7-11)10-16-13-8-4-5-9-15-13/h1-9,12H,10,14H2. The molecule has 0 radical (unpaired) electrons. The van der Waals surface area contributed by atoms with Gasteiger partial charge in [-0.25, -0.2) is 4.98 Å². The van der Waals surface area contributed by atoms with Gasteiger partial charge in [-0.3, -0.25) is 0 Å². The maximum absolute atomic E-state index is 6.09. The van der Waals surface area contributed by atoms with Crippen molar-refractivity contribution in [3.63, 3.8) is 0 Å². The second-order valence-corrected chi connectivity index (χ2v) is 4.54. The number of rotatable bonds is 4. The van der Waals surface area contributed by atoms with Gasteiger partial charge in [0.25, 0.3) is 0 Å². The molecule has 0 bridgehead atoms. The van der Waals surface area contributed by atoms with E-state index in [1.165, 1.54) is 5.56 Å². The first-order valence-electron chi connectivity index (χ1n) is 5.20. The Kier molecular flexibility index (Phi) is 3.97. The summed E-state index contributed by atoms with van der Waals surface area (Å²) in [6.07, 6.45) is 1.80. The number of hydrogen-bond donors (Lipinski definition) is 1. The lowest BCUT2D eigenvalue weighted by Crippen LogP contribution is -2.12. The average Bonchev–Trinajstić information content (AvgIpc) is 2.38. The number of hydrogen-bond acceptors (Lipinski definition) is 3. The van der Waals surface area contributed by atoms with Crippen LogP contribution in [0.15, 0.2) is 59.8 Å². The molecule has 0 spiro atoms. The number of nitrogens with two attached hydrogens (primary N) is 1. The van der Waals surface area contributed by atoms with E-state index in [-0.39, 0.29) is 6.04 Å². The molecule has 1 heterocycles. The Labute approximate surface area is 99.9 Å². The SMILES string of the molecule is NC(CSc1ccccn1)c1ccccc1. The molecule has 0 saturated heterocycles. The molecule has 1 aromatic heterocycles. The number of nitrogens with zero attached hydrogens (tertiary/aromatic N) is 1. The van der Waals surface area contributed by atoms with Crippen molar-refractivity contribution >= 4 is 11.8 Å². The first kappa shape index (κ1) is 11.2. The predicted octanol–water partition coefficient (Wildman–Crippen LogP) is 2.87. The van der Waals surface area contributed by atoms with Gasteiger partial charge in [0.1, 0.15) is 0 Å². The summed E-state index contributed by atoms with van der Waals surface area (Å²) in [5.41, 5.74) is 7.27. The quantitative estimate of drug-likeness (QED) is 0.821. The Morgan fingerprint density at radius 3 is 2.50 bits per heavy atom. The predicted molar refractivity (Wildman–Crippen MR) is 68.3 cm³/mol. The van der Waals surface area contributed by atoms with Gasteiger partial charge in [-0.2, -0.15) is 0 Å². The highest BCUT2D eigenvalue weighted by atomic mass is 32.2. The summed E-state index contributed by atoms with van der Waals surface area (Å²) in [5, 5.41) is 1.02. The zero-order valence-electron chi connectivity index (χ0n) is 8.91. The van der Waals surface area contributed by atoms with Crippen LogP contribution in [0.5, 0.6) is 0 Å². The normalized spacial score (nSPS) is 12.3. The summed E-state index contributed by atoms with van der Waals surface area (Å²) in [4.78, 5) is 4.25. The van der Waals surface area contributed by atoms with Crippen molar-refractivity contribution < 1.29 is 0 Å². The number of benzene rings is 1. The molecule has 0 saturated carbocycles. The van der Waals surface area contributed by atoms with Gasteiger partial charge in [-0.15, -0.1) is 11.8 Å². The summed E-state index contributed by atoms with van der Waals surface area (Å²) in [7, 11) is 0. The fourth-order valence-electron chi connectivity index (χ4n) is 1.40. The van der Waals surface area contributed by atoms with E-state index in [0.29, 0.717) is 0 Å². The highest BCUT2D eigenvalue weighted by Gasteiger charge is 2.05. The molecule has 3 heteroatoms. The van der Waals surface area contributed by atoms with E-state index in [9.17, 15) is 0 Å². The highest BCUT2D eigenvalue weighted by molar-refractivity contribution is 7.99. The molecule has 0 fully saturated rings. The molecular formula is C13H14N2S. The third-order valence-electron chi connectivity index (χ3n) is 2.28. The van der Waals surface area contributed by atoms with E-state index in [2.05, 4.69) is 17.1 Å². The first-order valence-corrected chi connectivity index (χ1v) is 6.19. The maximum Gasteiger partial charge on any atom is 0.0960 e. The number of thioether (sulfide) groups is 1. The second-order valence-electron chi connectivity index (χ2n) is 3.50. The van der Waals surface area contributed by atoms with E-state index in [1.807, 2.05) is 36.4 Å². The Morgan fingerprint density at radius 1 is 1.06 bits per heavy atom. The van der Waals surface area contributed by atoms with E-state index >= 15 is 0 Å². The van der Waals surface area contributed by atoms with Gasteiger partial charge in [-0.05, 0) is 17.7 Å². The molecule has 16 heavy (non-hydrogen) atoms. The largest absolute Gasteiger partial charge is 0.323 e. The smallest absolute Gasteiger partial charge is 0.0960 e. The molecular weight excluding hydrogens is 216 g/mol. The third kappa shape index (κ3) is 3.08. The molecule has 2 aromatic rings. The van der Waals surface area contributed by atoms with Crippen LogP contribution in [0.25, 0.3) is 0 Å². The minimum atomic E-state index is 0.0632. The lowest BCUT2D eigenvalue weighted by Gasteiger charge is -2.10. The van der Waals surface area contributed by atoms with Gasteiger partial charge < -0.3 is 5.73 Å². The van der Waals surface area contributed by atoms with Gasteiger partial charge in [0.15, 0.2) is 0 Å². The molecule has 1 atom stereocenters. The zero-order chi connectivity index (χ0) is 11.2. The molecule has 0 amide bonds. The Balaban J connectivity index is 1.92. The topological polar surface area (TPSA) is 38.9 Å². The van der Waals surface area contributed by atoms with Crippen LogP contribution in [-0.4, -0.2) is 10.7 Å². The van der Waals surface area contributed by atoms with Crippen LogP contribution >= 0.6 is 11.8 Å². The molecule has 82 valence electrons. The monoisotopic (exact) mass is 230 g/mol. The van der Waals surface area contributed by atoms with Crippen LogP contribution in [0.2, 0.25) is 0 Å². The van der Waals surface area contributed by atoms with E-state index in [1.54, 1.807) is 18.0 Å². The first-order chi connectivity index (χ1) is 7.86. The van der Waals surface area contributed by atoms with E-state index < -0.39 is 0 Å².